The molecule has 0 aromatic heterocycles. The van der Waals surface area contributed by atoms with Crippen molar-refractivity contribution < 1.29 is 13.5 Å². The summed E-state index contributed by atoms with van der Waals surface area (Å²) >= 11 is 5.63. The lowest BCUT2D eigenvalue weighted by Gasteiger charge is -2.04. The first-order valence-corrected chi connectivity index (χ1v) is 3.64. The maximum atomic E-state index is 12.1. The molecule has 0 spiro atoms. The number of halogens is 3. The molecule has 0 aliphatic heterocycles. The largest absolute Gasteiger partial charge is 0.495 e. The molecule has 0 saturated heterocycles. The van der Waals surface area contributed by atoms with Crippen LogP contribution in [0.5, 0.6) is 5.75 Å². The van der Waals surface area contributed by atoms with Crippen LogP contribution >= 0.6 is 11.6 Å². The van der Waals surface area contributed by atoms with Crippen LogP contribution in [-0.4, -0.2) is 7.11 Å². The Hall–Kier alpha value is -0.830. The SMILES string of the molecule is COc1cc(C(F)F)ccc1Cl. The maximum Gasteiger partial charge on any atom is 0.263 e. The number of ether oxygens (including phenoxy) is 1. The summed E-state index contributed by atoms with van der Waals surface area (Å²) in [6.07, 6.45) is -2.49. The molecule has 0 atom stereocenters. The Morgan fingerprint density at radius 3 is 2.58 bits per heavy atom. The summed E-state index contributed by atoms with van der Waals surface area (Å²) in [6, 6.07) is 3.89. The topological polar surface area (TPSA) is 9.23 Å². The number of alkyl halides is 2. The fraction of sp³-hybridized carbons (Fsp3) is 0.250. The molecule has 0 heterocycles. The summed E-state index contributed by atoms with van der Waals surface area (Å²) in [7, 11) is 1.39. The summed E-state index contributed by atoms with van der Waals surface area (Å²) < 4.78 is 29.0. The van der Waals surface area contributed by atoms with Crippen LogP contribution in [0, 0.1) is 0 Å². The quantitative estimate of drug-likeness (QED) is 0.699. The third-order valence-corrected chi connectivity index (χ3v) is 1.74. The summed E-state index contributed by atoms with van der Waals surface area (Å²) in [5, 5.41) is 0.335. The van der Waals surface area contributed by atoms with Gasteiger partial charge in [-0.2, -0.15) is 0 Å². The summed E-state index contributed by atoms with van der Waals surface area (Å²) in [4.78, 5) is 0. The highest BCUT2D eigenvalue weighted by atomic mass is 35.5. The zero-order valence-electron chi connectivity index (χ0n) is 6.35. The van der Waals surface area contributed by atoms with Crippen LogP contribution in [0.1, 0.15) is 12.0 Å². The van der Waals surface area contributed by atoms with Crippen molar-refractivity contribution in [3.05, 3.63) is 28.8 Å². The van der Waals surface area contributed by atoms with E-state index in [1.165, 1.54) is 25.3 Å². The Bertz CT molecular complexity index is 276. The Morgan fingerprint density at radius 2 is 2.08 bits per heavy atom. The summed E-state index contributed by atoms with van der Waals surface area (Å²) in [6.45, 7) is 0. The van der Waals surface area contributed by atoms with Crippen molar-refractivity contribution in [3.63, 3.8) is 0 Å². The Kier molecular flexibility index (Phi) is 2.87. The maximum absolute atomic E-state index is 12.1. The molecule has 0 amide bonds. The van der Waals surface area contributed by atoms with Gasteiger partial charge in [0.25, 0.3) is 6.43 Å². The van der Waals surface area contributed by atoms with E-state index in [1.807, 2.05) is 0 Å². The van der Waals surface area contributed by atoms with Crippen molar-refractivity contribution in [1.29, 1.82) is 0 Å². The number of hydrogen-bond acceptors (Lipinski definition) is 1. The van der Waals surface area contributed by atoms with E-state index in [2.05, 4.69) is 0 Å². The molecule has 0 unspecified atom stereocenters. The molecular weight excluding hydrogens is 186 g/mol. The molecule has 0 aliphatic rings. The fourth-order valence-electron chi connectivity index (χ4n) is 0.812. The van der Waals surface area contributed by atoms with E-state index in [4.69, 9.17) is 16.3 Å². The molecule has 0 bridgehead atoms. The van der Waals surface area contributed by atoms with Crippen LogP contribution < -0.4 is 4.74 Å². The van der Waals surface area contributed by atoms with Crippen LogP contribution in [0.2, 0.25) is 5.02 Å². The number of benzene rings is 1. The van der Waals surface area contributed by atoms with Crippen molar-refractivity contribution in [2.75, 3.05) is 7.11 Å². The molecule has 0 aliphatic carbocycles. The second-order valence-electron chi connectivity index (χ2n) is 2.19. The Labute approximate surface area is 73.9 Å². The molecular formula is C8H7ClF2O. The lowest BCUT2D eigenvalue weighted by atomic mass is 10.2. The standard InChI is InChI=1S/C8H7ClF2O/c1-12-7-4-5(8(10)11)2-3-6(7)9/h2-4,8H,1H3. The van der Waals surface area contributed by atoms with Crippen LogP contribution in [0.3, 0.4) is 0 Å². The third-order valence-electron chi connectivity index (χ3n) is 1.43. The lowest BCUT2D eigenvalue weighted by Crippen LogP contribution is -1.88. The molecule has 1 aromatic rings. The first-order valence-electron chi connectivity index (χ1n) is 3.26. The number of hydrogen-bond donors (Lipinski definition) is 0. The van der Waals surface area contributed by atoms with Crippen LogP contribution in [0.4, 0.5) is 8.78 Å². The van der Waals surface area contributed by atoms with Gasteiger partial charge < -0.3 is 4.74 Å². The van der Waals surface area contributed by atoms with Gasteiger partial charge in [0.1, 0.15) is 5.75 Å². The molecule has 66 valence electrons. The molecule has 0 fully saturated rings. The minimum Gasteiger partial charge on any atom is -0.495 e. The molecule has 0 N–H and O–H groups in total. The van der Waals surface area contributed by atoms with Gasteiger partial charge in [0, 0.05) is 5.56 Å². The van der Waals surface area contributed by atoms with Gasteiger partial charge in [-0.15, -0.1) is 0 Å². The van der Waals surface area contributed by atoms with Gasteiger partial charge in [-0.05, 0) is 12.1 Å². The average molecular weight is 193 g/mol. The molecule has 0 saturated carbocycles. The molecule has 12 heavy (non-hydrogen) atoms. The highest BCUT2D eigenvalue weighted by molar-refractivity contribution is 6.32. The zero-order valence-corrected chi connectivity index (χ0v) is 7.11. The Balaban J connectivity index is 3.05. The monoisotopic (exact) mass is 192 g/mol. The molecule has 1 nitrogen and oxygen atoms in total. The van der Waals surface area contributed by atoms with Crippen molar-refractivity contribution in [3.8, 4) is 5.75 Å². The predicted octanol–water partition coefficient (Wildman–Crippen LogP) is 3.29. The number of rotatable bonds is 2. The predicted molar refractivity (Wildman–Crippen MR) is 43.0 cm³/mol. The van der Waals surface area contributed by atoms with E-state index in [-0.39, 0.29) is 11.3 Å². The van der Waals surface area contributed by atoms with Crippen molar-refractivity contribution in [1.82, 2.24) is 0 Å². The Morgan fingerprint density at radius 1 is 1.42 bits per heavy atom. The average Bonchev–Trinajstić information content (AvgIpc) is 2.05. The van der Waals surface area contributed by atoms with Gasteiger partial charge in [-0.3, -0.25) is 0 Å². The second-order valence-corrected chi connectivity index (χ2v) is 2.60. The van der Waals surface area contributed by atoms with Crippen LogP contribution in [-0.2, 0) is 0 Å². The molecule has 1 aromatic carbocycles. The van der Waals surface area contributed by atoms with Gasteiger partial charge in [0.05, 0.1) is 12.1 Å². The van der Waals surface area contributed by atoms with Crippen LogP contribution in [0.15, 0.2) is 18.2 Å². The van der Waals surface area contributed by atoms with Crippen molar-refractivity contribution in [2.24, 2.45) is 0 Å². The highest BCUT2D eigenvalue weighted by Crippen LogP contribution is 2.29. The van der Waals surface area contributed by atoms with Gasteiger partial charge >= 0.3 is 0 Å². The first-order chi connectivity index (χ1) is 5.65. The van der Waals surface area contributed by atoms with Gasteiger partial charge in [-0.25, -0.2) is 8.78 Å². The smallest absolute Gasteiger partial charge is 0.263 e. The van der Waals surface area contributed by atoms with E-state index in [0.29, 0.717) is 5.02 Å². The van der Waals surface area contributed by atoms with Crippen molar-refractivity contribution >= 4 is 11.6 Å². The molecule has 4 heteroatoms. The normalized spacial score (nSPS) is 10.4. The van der Waals surface area contributed by atoms with Crippen molar-refractivity contribution in [2.45, 2.75) is 6.43 Å². The van der Waals surface area contributed by atoms with E-state index in [9.17, 15) is 8.78 Å². The highest BCUT2D eigenvalue weighted by Gasteiger charge is 2.09. The molecule has 0 radical (unpaired) electrons. The van der Waals surface area contributed by atoms with Gasteiger partial charge in [0.15, 0.2) is 0 Å². The molecule has 1 rings (SSSR count). The van der Waals surface area contributed by atoms with E-state index in [1.54, 1.807) is 0 Å². The minimum absolute atomic E-state index is 0.0868. The first kappa shape index (κ1) is 9.26. The summed E-state index contributed by atoms with van der Waals surface area (Å²) in [5.74, 6) is 0.273. The number of methoxy groups -OCH3 is 1. The third kappa shape index (κ3) is 1.85. The zero-order chi connectivity index (χ0) is 9.14. The lowest BCUT2D eigenvalue weighted by molar-refractivity contribution is 0.151. The summed E-state index contributed by atoms with van der Waals surface area (Å²) in [5.41, 5.74) is -0.0868. The second kappa shape index (κ2) is 3.72. The van der Waals surface area contributed by atoms with E-state index >= 15 is 0 Å². The van der Waals surface area contributed by atoms with E-state index in [0.717, 1.165) is 0 Å². The van der Waals surface area contributed by atoms with Gasteiger partial charge in [-0.1, -0.05) is 17.7 Å². The minimum atomic E-state index is -2.49. The fourth-order valence-corrected chi connectivity index (χ4v) is 1.01. The van der Waals surface area contributed by atoms with Crippen LogP contribution in [0.25, 0.3) is 0 Å². The van der Waals surface area contributed by atoms with Gasteiger partial charge in [0.2, 0.25) is 0 Å². The van der Waals surface area contributed by atoms with E-state index < -0.39 is 6.43 Å².